The standard InChI is InChI=1S/C26H36ClFO5/c1-21(2)32-20-12-23(4)17-8-7-15-11-16(29)9-10-22(15,3)25(17,28)19(31-6)13-24(23,5)26(20,33-21)18(30)14-27/h11,17,19-20H,7-10,12-14H2,1-6H3. The lowest BCUT2D eigenvalue weighted by Crippen LogP contribution is -2.73. The quantitative estimate of drug-likeness (QED) is 0.533. The van der Waals surface area contributed by atoms with Crippen molar-refractivity contribution >= 4 is 23.2 Å². The Kier molecular flexibility index (Phi) is 4.99. The van der Waals surface area contributed by atoms with Crippen molar-refractivity contribution in [2.45, 2.75) is 102 Å². The first-order chi connectivity index (χ1) is 15.3. The number of halogens is 2. The maximum Gasteiger partial charge on any atom is 0.182 e. The summed E-state index contributed by atoms with van der Waals surface area (Å²) in [5.41, 5.74) is -4.09. The number of alkyl halides is 2. The molecule has 184 valence electrons. The summed E-state index contributed by atoms with van der Waals surface area (Å²) in [7, 11) is 1.56. The van der Waals surface area contributed by atoms with E-state index in [1.807, 2.05) is 20.8 Å². The summed E-state index contributed by atoms with van der Waals surface area (Å²) in [4.78, 5) is 25.8. The van der Waals surface area contributed by atoms with Crippen LogP contribution >= 0.6 is 11.6 Å². The molecule has 0 aromatic carbocycles. The number of allylic oxidation sites excluding steroid dienone is 1. The van der Waals surface area contributed by atoms with E-state index in [0.29, 0.717) is 38.5 Å². The summed E-state index contributed by atoms with van der Waals surface area (Å²) in [6.45, 7) is 9.80. The Balaban J connectivity index is 1.70. The van der Waals surface area contributed by atoms with Gasteiger partial charge >= 0.3 is 0 Å². The lowest BCUT2D eigenvalue weighted by Gasteiger charge is -2.68. The summed E-state index contributed by atoms with van der Waals surface area (Å²) >= 11 is 6.16. The van der Waals surface area contributed by atoms with Gasteiger partial charge in [-0.2, -0.15) is 0 Å². The molecule has 33 heavy (non-hydrogen) atoms. The van der Waals surface area contributed by atoms with E-state index < -0.39 is 45.5 Å². The largest absolute Gasteiger partial charge is 0.378 e. The highest BCUT2D eigenvalue weighted by Gasteiger charge is 2.84. The molecule has 0 bridgehead atoms. The zero-order valence-corrected chi connectivity index (χ0v) is 21.3. The number of ketones is 2. The molecule has 0 N–H and O–H groups in total. The zero-order chi connectivity index (χ0) is 24.2. The normalized spacial score (nSPS) is 52.4. The Morgan fingerprint density at radius 3 is 2.55 bits per heavy atom. The van der Waals surface area contributed by atoms with E-state index in [-0.39, 0.29) is 23.4 Å². The van der Waals surface area contributed by atoms with Gasteiger partial charge in [0.25, 0.3) is 0 Å². The third-order valence-electron chi connectivity index (χ3n) is 10.6. The molecule has 5 nitrogen and oxygen atoms in total. The molecule has 7 heteroatoms. The van der Waals surface area contributed by atoms with Crippen LogP contribution in [-0.4, -0.2) is 53.8 Å². The Hall–Kier alpha value is -0.820. The maximum absolute atomic E-state index is 17.8. The second-order valence-electron chi connectivity index (χ2n) is 12.1. The topological polar surface area (TPSA) is 61.8 Å². The van der Waals surface area contributed by atoms with Crippen LogP contribution in [0.1, 0.15) is 73.1 Å². The highest BCUT2D eigenvalue weighted by molar-refractivity contribution is 6.29. The van der Waals surface area contributed by atoms with Crippen molar-refractivity contribution in [3.63, 3.8) is 0 Å². The van der Waals surface area contributed by atoms with Crippen LogP contribution in [0.4, 0.5) is 4.39 Å². The molecular formula is C26H36ClFO5. The molecule has 5 aliphatic rings. The van der Waals surface area contributed by atoms with Crippen molar-refractivity contribution in [3.05, 3.63) is 11.6 Å². The van der Waals surface area contributed by atoms with Crippen LogP contribution in [0.15, 0.2) is 11.6 Å². The SMILES string of the molecule is COC1CC2(C)C(C)(CC3OC(C)(C)OC32C(=O)CCl)C2CCC3=CC(=O)CCC3(C)C12F. The highest BCUT2D eigenvalue weighted by atomic mass is 35.5. The minimum atomic E-state index is -1.67. The van der Waals surface area contributed by atoms with Gasteiger partial charge in [0, 0.05) is 30.3 Å². The van der Waals surface area contributed by atoms with Crippen LogP contribution in [0.25, 0.3) is 0 Å². The lowest BCUT2D eigenvalue weighted by atomic mass is 9.39. The van der Waals surface area contributed by atoms with Gasteiger partial charge in [-0.05, 0) is 57.4 Å². The van der Waals surface area contributed by atoms with Crippen molar-refractivity contribution < 1.29 is 28.2 Å². The molecule has 5 rings (SSSR count). The van der Waals surface area contributed by atoms with Gasteiger partial charge in [-0.3, -0.25) is 9.59 Å². The Bertz CT molecular complexity index is 949. The van der Waals surface area contributed by atoms with Gasteiger partial charge in [0.05, 0.1) is 18.1 Å². The number of hydrogen-bond donors (Lipinski definition) is 0. The van der Waals surface area contributed by atoms with E-state index in [2.05, 4.69) is 13.8 Å². The van der Waals surface area contributed by atoms with Gasteiger partial charge < -0.3 is 14.2 Å². The summed E-state index contributed by atoms with van der Waals surface area (Å²) < 4.78 is 36.6. The molecular weight excluding hydrogens is 447 g/mol. The number of rotatable bonds is 3. The molecule has 4 aliphatic carbocycles. The molecule has 0 aromatic rings. The molecule has 1 aliphatic heterocycles. The third-order valence-corrected chi connectivity index (χ3v) is 10.8. The maximum atomic E-state index is 17.8. The van der Waals surface area contributed by atoms with Crippen molar-refractivity contribution in [2.24, 2.45) is 22.2 Å². The second-order valence-corrected chi connectivity index (χ2v) is 12.4. The van der Waals surface area contributed by atoms with Crippen LogP contribution in [0, 0.1) is 22.2 Å². The zero-order valence-electron chi connectivity index (χ0n) is 20.6. The fourth-order valence-corrected chi connectivity index (χ4v) is 9.12. The summed E-state index contributed by atoms with van der Waals surface area (Å²) in [5, 5.41) is 0. The van der Waals surface area contributed by atoms with E-state index in [4.69, 9.17) is 25.8 Å². The van der Waals surface area contributed by atoms with Gasteiger partial charge in [0.1, 0.15) is 5.67 Å². The molecule has 1 saturated heterocycles. The lowest BCUT2D eigenvalue weighted by molar-refractivity contribution is -0.279. The fourth-order valence-electron chi connectivity index (χ4n) is 8.92. The molecule has 1 heterocycles. The number of methoxy groups -OCH3 is 1. The Morgan fingerprint density at radius 1 is 1.21 bits per heavy atom. The van der Waals surface area contributed by atoms with Gasteiger partial charge in [0.2, 0.25) is 0 Å². The minimum absolute atomic E-state index is 0.0800. The monoisotopic (exact) mass is 482 g/mol. The van der Waals surface area contributed by atoms with Crippen LogP contribution in [0.3, 0.4) is 0 Å². The van der Waals surface area contributed by atoms with Crippen molar-refractivity contribution in [1.82, 2.24) is 0 Å². The van der Waals surface area contributed by atoms with Crippen molar-refractivity contribution in [1.29, 1.82) is 0 Å². The van der Waals surface area contributed by atoms with E-state index in [1.165, 1.54) is 0 Å². The molecule has 0 radical (unpaired) electrons. The number of hydrogen-bond acceptors (Lipinski definition) is 5. The fraction of sp³-hybridized carbons (Fsp3) is 0.846. The predicted octanol–water partition coefficient (Wildman–Crippen LogP) is 4.93. The number of carbonyl (C=O) groups excluding carboxylic acids is 2. The highest BCUT2D eigenvalue weighted by Crippen LogP contribution is 2.77. The van der Waals surface area contributed by atoms with Gasteiger partial charge in [-0.25, -0.2) is 4.39 Å². The van der Waals surface area contributed by atoms with E-state index in [1.54, 1.807) is 13.2 Å². The summed E-state index contributed by atoms with van der Waals surface area (Å²) in [5.74, 6) is -1.60. The second kappa shape index (κ2) is 6.89. The molecule has 0 aromatic heterocycles. The first kappa shape index (κ1) is 23.9. The third kappa shape index (κ3) is 2.54. The van der Waals surface area contributed by atoms with Crippen molar-refractivity contribution in [3.8, 4) is 0 Å². The molecule has 4 fully saturated rings. The molecule has 0 spiro atoms. The molecule has 0 amide bonds. The first-order valence-corrected chi connectivity index (χ1v) is 12.7. The Morgan fingerprint density at radius 2 is 1.91 bits per heavy atom. The van der Waals surface area contributed by atoms with Gasteiger partial charge in [0.15, 0.2) is 23.0 Å². The summed E-state index contributed by atoms with van der Waals surface area (Å²) in [6, 6.07) is 0. The smallest absolute Gasteiger partial charge is 0.182 e. The average molecular weight is 483 g/mol. The van der Waals surface area contributed by atoms with E-state index >= 15 is 4.39 Å². The summed E-state index contributed by atoms with van der Waals surface area (Å²) in [6.07, 6.45) is 3.39. The number of carbonyl (C=O) groups is 2. The van der Waals surface area contributed by atoms with Gasteiger partial charge in [-0.15, -0.1) is 11.6 Å². The van der Waals surface area contributed by atoms with E-state index in [9.17, 15) is 9.59 Å². The van der Waals surface area contributed by atoms with Crippen molar-refractivity contribution in [2.75, 3.05) is 13.0 Å². The molecule has 8 unspecified atom stereocenters. The number of ether oxygens (including phenoxy) is 3. The predicted molar refractivity (Wildman–Crippen MR) is 122 cm³/mol. The minimum Gasteiger partial charge on any atom is -0.378 e. The van der Waals surface area contributed by atoms with Crippen LogP contribution in [-0.2, 0) is 23.8 Å². The van der Waals surface area contributed by atoms with E-state index in [0.717, 1.165) is 5.57 Å². The van der Waals surface area contributed by atoms with Crippen LogP contribution in [0.5, 0.6) is 0 Å². The number of Topliss-reactive ketones (excluding diaryl/α,β-unsaturated/α-hetero) is 1. The Labute approximate surface area is 200 Å². The number of fused-ring (bicyclic) bond motifs is 7. The van der Waals surface area contributed by atoms with Gasteiger partial charge in [-0.1, -0.05) is 26.3 Å². The molecule has 3 saturated carbocycles. The first-order valence-electron chi connectivity index (χ1n) is 12.2. The molecule has 8 atom stereocenters. The van der Waals surface area contributed by atoms with Crippen LogP contribution < -0.4 is 0 Å². The van der Waals surface area contributed by atoms with Crippen LogP contribution in [0.2, 0.25) is 0 Å². The average Bonchev–Trinajstić information content (AvgIpc) is 3.11.